The summed E-state index contributed by atoms with van der Waals surface area (Å²) in [6.07, 6.45) is 1.17. The predicted molar refractivity (Wildman–Crippen MR) is 111 cm³/mol. The largest absolute Gasteiger partial charge is 0.352 e. The van der Waals surface area contributed by atoms with Crippen molar-refractivity contribution >= 4 is 23.4 Å². The van der Waals surface area contributed by atoms with Gasteiger partial charge < -0.3 is 10.2 Å². The van der Waals surface area contributed by atoms with E-state index in [0.717, 1.165) is 31.6 Å². The maximum atomic E-state index is 13.0. The first-order valence-electron chi connectivity index (χ1n) is 9.79. The Morgan fingerprint density at radius 2 is 1.69 bits per heavy atom. The number of benzene rings is 2. The van der Waals surface area contributed by atoms with Crippen molar-refractivity contribution in [1.82, 2.24) is 15.1 Å². The van der Waals surface area contributed by atoms with E-state index in [1.54, 1.807) is 36.4 Å². The fourth-order valence-corrected chi connectivity index (χ4v) is 3.50. The Morgan fingerprint density at radius 3 is 2.41 bits per heavy atom. The van der Waals surface area contributed by atoms with E-state index < -0.39 is 0 Å². The topological polar surface area (TPSA) is 52.7 Å². The van der Waals surface area contributed by atoms with Crippen molar-refractivity contribution in [3.8, 4) is 0 Å². The number of halogens is 2. The van der Waals surface area contributed by atoms with Crippen LogP contribution in [0.4, 0.5) is 4.39 Å². The molecular formula is C22H25ClFN3O2. The first kappa shape index (κ1) is 21.3. The third kappa shape index (κ3) is 6.54. The molecule has 2 aromatic carbocycles. The van der Waals surface area contributed by atoms with Gasteiger partial charge in [0.15, 0.2) is 0 Å². The second-order valence-corrected chi connectivity index (χ2v) is 7.59. The lowest BCUT2D eigenvalue weighted by atomic mass is 10.2. The molecule has 0 spiro atoms. The van der Waals surface area contributed by atoms with Gasteiger partial charge in [0.1, 0.15) is 5.82 Å². The fourth-order valence-electron chi connectivity index (χ4n) is 3.37. The summed E-state index contributed by atoms with van der Waals surface area (Å²) in [4.78, 5) is 28.8. The van der Waals surface area contributed by atoms with E-state index >= 15 is 0 Å². The van der Waals surface area contributed by atoms with Crippen molar-refractivity contribution in [1.29, 1.82) is 0 Å². The Hall–Kier alpha value is -2.44. The molecular weight excluding hydrogens is 393 g/mol. The third-order valence-corrected chi connectivity index (χ3v) is 5.24. The molecule has 0 unspecified atom stereocenters. The Labute approximate surface area is 175 Å². The first-order chi connectivity index (χ1) is 14.0. The number of hydrogen-bond donors (Lipinski definition) is 1. The second kappa shape index (κ2) is 10.4. The molecule has 5 nitrogen and oxygen atoms in total. The van der Waals surface area contributed by atoms with Crippen molar-refractivity contribution < 1.29 is 14.0 Å². The monoisotopic (exact) mass is 417 g/mol. The minimum Gasteiger partial charge on any atom is -0.352 e. The van der Waals surface area contributed by atoms with Gasteiger partial charge >= 0.3 is 0 Å². The number of amides is 2. The van der Waals surface area contributed by atoms with Gasteiger partial charge in [0.05, 0.1) is 0 Å². The van der Waals surface area contributed by atoms with Crippen LogP contribution in [0.2, 0.25) is 5.02 Å². The summed E-state index contributed by atoms with van der Waals surface area (Å²) in [5.41, 5.74) is 1.59. The van der Waals surface area contributed by atoms with E-state index in [0.29, 0.717) is 30.2 Å². The van der Waals surface area contributed by atoms with E-state index in [-0.39, 0.29) is 24.1 Å². The van der Waals surface area contributed by atoms with Crippen molar-refractivity contribution in [2.75, 3.05) is 32.7 Å². The fraction of sp³-hybridized carbons (Fsp3) is 0.364. The van der Waals surface area contributed by atoms with Crippen molar-refractivity contribution in [3.05, 3.63) is 70.5 Å². The van der Waals surface area contributed by atoms with Crippen LogP contribution in [0, 0.1) is 5.82 Å². The lowest BCUT2D eigenvalue weighted by molar-refractivity contribution is -0.130. The smallest absolute Gasteiger partial charge is 0.251 e. The van der Waals surface area contributed by atoms with Gasteiger partial charge in [0.2, 0.25) is 5.91 Å². The maximum Gasteiger partial charge on any atom is 0.251 e. The molecule has 154 valence electrons. The number of nitrogens with one attached hydrogen (secondary N) is 1. The summed E-state index contributed by atoms with van der Waals surface area (Å²) in [6.45, 7) is 4.10. The van der Waals surface area contributed by atoms with Crippen LogP contribution in [0.3, 0.4) is 0 Å². The normalized spacial score (nSPS) is 15.0. The Kier molecular flexibility index (Phi) is 7.61. The SMILES string of the molecule is O=C(NCCC(=O)N1CCCN(Cc2ccc(F)cc2)CC1)c1ccc(Cl)cc1. The lowest BCUT2D eigenvalue weighted by Gasteiger charge is -2.22. The molecule has 1 N–H and O–H groups in total. The van der Waals surface area contributed by atoms with Gasteiger partial charge in [-0.2, -0.15) is 0 Å². The molecule has 1 fully saturated rings. The van der Waals surface area contributed by atoms with Crippen LogP contribution < -0.4 is 5.32 Å². The first-order valence-corrected chi connectivity index (χ1v) is 10.2. The highest BCUT2D eigenvalue weighted by atomic mass is 35.5. The Bertz CT molecular complexity index is 827. The molecule has 1 saturated heterocycles. The molecule has 1 aliphatic rings. The maximum absolute atomic E-state index is 13.0. The van der Waals surface area contributed by atoms with Crippen LogP contribution in [-0.2, 0) is 11.3 Å². The predicted octanol–water partition coefficient (Wildman–Crippen LogP) is 3.33. The zero-order valence-corrected chi connectivity index (χ0v) is 17.0. The van der Waals surface area contributed by atoms with Gasteiger partial charge in [-0.05, 0) is 48.4 Å². The molecule has 2 amide bonds. The quantitative estimate of drug-likeness (QED) is 0.784. The number of rotatable bonds is 6. The number of nitrogens with zero attached hydrogens (tertiary/aromatic N) is 2. The van der Waals surface area contributed by atoms with Crippen LogP contribution in [0.5, 0.6) is 0 Å². The van der Waals surface area contributed by atoms with Gasteiger partial charge in [-0.25, -0.2) is 4.39 Å². The third-order valence-electron chi connectivity index (χ3n) is 4.99. The summed E-state index contributed by atoms with van der Waals surface area (Å²) in [6, 6.07) is 13.2. The zero-order valence-electron chi connectivity index (χ0n) is 16.2. The highest BCUT2D eigenvalue weighted by Gasteiger charge is 2.19. The summed E-state index contributed by atoms with van der Waals surface area (Å²) < 4.78 is 13.0. The van der Waals surface area contributed by atoms with Crippen LogP contribution in [0.25, 0.3) is 0 Å². The molecule has 2 aromatic rings. The molecule has 0 atom stereocenters. The molecule has 3 rings (SSSR count). The van der Waals surface area contributed by atoms with E-state index in [1.165, 1.54) is 12.1 Å². The van der Waals surface area contributed by atoms with Gasteiger partial charge in [-0.3, -0.25) is 14.5 Å². The van der Waals surface area contributed by atoms with Crippen LogP contribution in [-0.4, -0.2) is 54.3 Å². The molecule has 0 aliphatic carbocycles. The Balaban J connectivity index is 1.41. The summed E-state index contributed by atoms with van der Waals surface area (Å²) in [5.74, 6) is -0.398. The summed E-state index contributed by atoms with van der Waals surface area (Å²) in [5, 5.41) is 3.35. The van der Waals surface area contributed by atoms with Crippen molar-refractivity contribution in [2.24, 2.45) is 0 Å². The van der Waals surface area contributed by atoms with E-state index in [4.69, 9.17) is 11.6 Å². The number of carbonyl (C=O) groups excluding carboxylic acids is 2. The molecule has 0 aromatic heterocycles. The lowest BCUT2D eigenvalue weighted by Crippen LogP contribution is -2.37. The van der Waals surface area contributed by atoms with E-state index in [1.807, 2.05) is 4.90 Å². The average molecular weight is 418 g/mol. The summed E-state index contributed by atoms with van der Waals surface area (Å²) >= 11 is 5.82. The van der Waals surface area contributed by atoms with Crippen molar-refractivity contribution in [3.63, 3.8) is 0 Å². The molecule has 0 radical (unpaired) electrons. The average Bonchev–Trinajstić information content (AvgIpc) is 2.96. The van der Waals surface area contributed by atoms with Crippen molar-refractivity contribution in [2.45, 2.75) is 19.4 Å². The minimum absolute atomic E-state index is 0.0463. The molecule has 1 heterocycles. The van der Waals surface area contributed by atoms with Crippen LogP contribution in [0.15, 0.2) is 48.5 Å². The summed E-state index contributed by atoms with van der Waals surface area (Å²) in [7, 11) is 0. The van der Waals surface area contributed by atoms with Gasteiger partial charge in [0, 0.05) is 56.3 Å². The van der Waals surface area contributed by atoms with E-state index in [9.17, 15) is 14.0 Å². The van der Waals surface area contributed by atoms with E-state index in [2.05, 4.69) is 10.2 Å². The standard InChI is InChI=1S/C22H25ClFN3O2/c23-19-6-4-18(5-7-19)22(29)25-11-10-21(28)27-13-1-12-26(14-15-27)16-17-2-8-20(24)9-3-17/h2-9H,1,10-16H2,(H,25,29). The second-order valence-electron chi connectivity index (χ2n) is 7.15. The molecule has 1 aliphatic heterocycles. The Morgan fingerprint density at radius 1 is 0.966 bits per heavy atom. The van der Waals surface area contributed by atoms with Crippen LogP contribution >= 0.6 is 11.6 Å². The highest BCUT2D eigenvalue weighted by Crippen LogP contribution is 2.11. The molecule has 0 saturated carbocycles. The van der Waals surface area contributed by atoms with Gasteiger partial charge in [-0.1, -0.05) is 23.7 Å². The van der Waals surface area contributed by atoms with Crippen LogP contribution in [0.1, 0.15) is 28.8 Å². The number of hydrogen-bond acceptors (Lipinski definition) is 3. The minimum atomic E-state index is -0.232. The number of carbonyl (C=O) groups is 2. The highest BCUT2D eigenvalue weighted by molar-refractivity contribution is 6.30. The zero-order chi connectivity index (χ0) is 20.6. The molecule has 7 heteroatoms. The molecule has 29 heavy (non-hydrogen) atoms. The van der Waals surface area contributed by atoms with Gasteiger partial charge in [0.25, 0.3) is 5.91 Å². The van der Waals surface area contributed by atoms with Gasteiger partial charge in [-0.15, -0.1) is 0 Å². The molecule has 0 bridgehead atoms.